The molecule has 0 radical (unpaired) electrons. The monoisotopic (exact) mass is 224 g/mol. The first-order chi connectivity index (χ1) is 7.09. The summed E-state index contributed by atoms with van der Waals surface area (Å²) in [7, 11) is 0. The zero-order valence-electron chi connectivity index (χ0n) is 8.04. The molecule has 1 aromatic heterocycles. The lowest BCUT2D eigenvalue weighted by atomic mass is 10.3. The molecule has 0 aliphatic rings. The van der Waals surface area contributed by atoms with Crippen molar-refractivity contribution in [3.05, 3.63) is 16.9 Å². The minimum atomic E-state index is -0.135. The van der Waals surface area contributed by atoms with Crippen molar-refractivity contribution in [1.29, 1.82) is 0 Å². The molecule has 0 saturated heterocycles. The first kappa shape index (κ1) is 11.3. The third-order valence-corrected chi connectivity index (χ3v) is 1.70. The van der Waals surface area contributed by atoms with Gasteiger partial charge in [0.15, 0.2) is 0 Å². The van der Waals surface area contributed by atoms with Crippen molar-refractivity contribution >= 4 is 23.5 Å². The number of aromatic nitrogens is 2. The zero-order valence-corrected chi connectivity index (χ0v) is 8.80. The summed E-state index contributed by atoms with van der Waals surface area (Å²) in [5, 5.41) is 2.73. The van der Waals surface area contributed by atoms with Gasteiger partial charge in [0.1, 0.15) is 5.15 Å². The minimum absolute atomic E-state index is 0.104. The molecule has 6 heteroatoms. The van der Waals surface area contributed by atoms with E-state index in [4.69, 9.17) is 17.3 Å². The van der Waals surface area contributed by atoms with Gasteiger partial charge in [0.25, 0.3) is 0 Å². The number of nitrogens with two attached hydrogens (primary N) is 1. The fraction of sp³-hybridized carbons (Fsp3) is 0.222. The number of halogens is 1. The van der Waals surface area contributed by atoms with Crippen LogP contribution >= 0.6 is 11.6 Å². The zero-order chi connectivity index (χ0) is 11.3. The van der Waals surface area contributed by atoms with Crippen molar-refractivity contribution in [3.8, 4) is 11.8 Å². The number of hydrogen-bond donors (Lipinski definition) is 2. The Kier molecular flexibility index (Phi) is 3.89. The Balaban J connectivity index is 2.67. The molecule has 78 valence electrons. The molecule has 0 fully saturated rings. The van der Waals surface area contributed by atoms with Crippen LogP contribution in [0.4, 0.5) is 5.95 Å². The molecule has 1 aromatic rings. The molecule has 0 aliphatic heterocycles. The van der Waals surface area contributed by atoms with Gasteiger partial charge in [-0.25, -0.2) is 4.98 Å². The van der Waals surface area contributed by atoms with Gasteiger partial charge >= 0.3 is 0 Å². The Hall–Kier alpha value is -1.80. The van der Waals surface area contributed by atoms with Crippen molar-refractivity contribution in [2.24, 2.45) is 0 Å². The Morgan fingerprint density at radius 3 is 3.07 bits per heavy atom. The summed E-state index contributed by atoms with van der Waals surface area (Å²) >= 11 is 5.75. The molecule has 0 aliphatic carbocycles. The third kappa shape index (κ3) is 3.83. The van der Waals surface area contributed by atoms with E-state index in [1.807, 2.05) is 0 Å². The predicted octanol–water partition coefficient (Wildman–Crippen LogP) is 0.200. The van der Waals surface area contributed by atoms with Gasteiger partial charge in [-0.05, 0) is 0 Å². The fourth-order valence-corrected chi connectivity index (χ4v) is 0.948. The standard InChI is InChI=1S/C9H9ClN4O/c1-6(15)12-4-2-3-7-5-13-9(11)14-8(7)10/h5H,4H2,1H3,(H,12,15)(H2,11,13,14). The highest BCUT2D eigenvalue weighted by atomic mass is 35.5. The number of nitrogen functional groups attached to an aromatic ring is 1. The molecule has 0 unspecified atom stereocenters. The maximum atomic E-state index is 10.5. The quantitative estimate of drug-likeness (QED) is 0.528. The largest absolute Gasteiger partial charge is 0.368 e. The van der Waals surface area contributed by atoms with Crippen molar-refractivity contribution in [2.75, 3.05) is 12.3 Å². The van der Waals surface area contributed by atoms with E-state index in [2.05, 4.69) is 27.1 Å². The summed E-state index contributed by atoms with van der Waals surface area (Å²) in [6, 6.07) is 0. The fourth-order valence-electron chi connectivity index (χ4n) is 0.766. The molecule has 0 aromatic carbocycles. The molecule has 1 amide bonds. The molecular weight excluding hydrogens is 216 g/mol. The first-order valence-electron chi connectivity index (χ1n) is 4.11. The summed E-state index contributed by atoms with van der Waals surface area (Å²) in [4.78, 5) is 18.0. The smallest absolute Gasteiger partial charge is 0.221 e. The van der Waals surface area contributed by atoms with E-state index in [1.54, 1.807) is 0 Å². The van der Waals surface area contributed by atoms with Crippen LogP contribution in [0.5, 0.6) is 0 Å². The van der Waals surface area contributed by atoms with E-state index in [0.717, 1.165) is 0 Å². The Morgan fingerprint density at radius 1 is 1.73 bits per heavy atom. The summed E-state index contributed by atoms with van der Waals surface area (Å²) < 4.78 is 0. The lowest BCUT2D eigenvalue weighted by Crippen LogP contribution is -2.19. The van der Waals surface area contributed by atoms with Gasteiger partial charge in [-0.2, -0.15) is 4.98 Å². The van der Waals surface area contributed by atoms with Crippen molar-refractivity contribution in [3.63, 3.8) is 0 Å². The molecular formula is C9H9ClN4O. The predicted molar refractivity (Wildman–Crippen MR) is 57.0 cm³/mol. The summed E-state index contributed by atoms with van der Waals surface area (Å²) in [5.74, 6) is 5.39. The van der Waals surface area contributed by atoms with Gasteiger partial charge in [0, 0.05) is 13.1 Å². The van der Waals surface area contributed by atoms with Gasteiger partial charge in [0.2, 0.25) is 11.9 Å². The van der Waals surface area contributed by atoms with Crippen LogP contribution in [0.2, 0.25) is 5.15 Å². The number of hydrogen-bond acceptors (Lipinski definition) is 4. The number of carbonyl (C=O) groups is 1. The minimum Gasteiger partial charge on any atom is -0.368 e. The average Bonchev–Trinajstić information content (AvgIpc) is 2.14. The number of carbonyl (C=O) groups excluding carboxylic acids is 1. The maximum absolute atomic E-state index is 10.5. The molecule has 0 saturated carbocycles. The van der Waals surface area contributed by atoms with Gasteiger partial charge < -0.3 is 11.1 Å². The van der Waals surface area contributed by atoms with E-state index in [9.17, 15) is 4.79 Å². The van der Waals surface area contributed by atoms with Crippen LogP contribution < -0.4 is 11.1 Å². The van der Waals surface area contributed by atoms with Gasteiger partial charge in [-0.3, -0.25) is 4.79 Å². The highest BCUT2D eigenvalue weighted by Crippen LogP contribution is 2.10. The second-order valence-electron chi connectivity index (χ2n) is 2.64. The molecule has 5 nitrogen and oxygen atoms in total. The van der Waals surface area contributed by atoms with E-state index >= 15 is 0 Å². The second-order valence-corrected chi connectivity index (χ2v) is 3.00. The lowest BCUT2D eigenvalue weighted by Gasteiger charge is -1.95. The summed E-state index contributed by atoms with van der Waals surface area (Å²) in [5.41, 5.74) is 5.79. The number of anilines is 1. The number of nitrogens with zero attached hydrogens (tertiary/aromatic N) is 2. The van der Waals surface area contributed by atoms with Gasteiger partial charge in [0.05, 0.1) is 12.1 Å². The maximum Gasteiger partial charge on any atom is 0.221 e. The van der Waals surface area contributed by atoms with Gasteiger partial charge in [-0.1, -0.05) is 23.4 Å². The van der Waals surface area contributed by atoms with Crippen LogP contribution in [0, 0.1) is 11.8 Å². The van der Waals surface area contributed by atoms with Crippen LogP contribution in [0.25, 0.3) is 0 Å². The van der Waals surface area contributed by atoms with Crippen LogP contribution in [0.15, 0.2) is 6.20 Å². The number of nitrogens with one attached hydrogen (secondary N) is 1. The van der Waals surface area contributed by atoms with Gasteiger partial charge in [-0.15, -0.1) is 0 Å². The molecule has 0 bridgehead atoms. The van der Waals surface area contributed by atoms with Crippen molar-refractivity contribution in [1.82, 2.24) is 15.3 Å². The Morgan fingerprint density at radius 2 is 2.47 bits per heavy atom. The van der Waals surface area contributed by atoms with Crippen LogP contribution in [0.1, 0.15) is 12.5 Å². The second kappa shape index (κ2) is 5.17. The number of rotatable bonds is 1. The molecule has 1 rings (SSSR count). The highest BCUT2D eigenvalue weighted by Gasteiger charge is 1.99. The molecule has 15 heavy (non-hydrogen) atoms. The van der Waals surface area contributed by atoms with Crippen molar-refractivity contribution < 1.29 is 4.79 Å². The molecule has 0 spiro atoms. The van der Waals surface area contributed by atoms with E-state index < -0.39 is 0 Å². The highest BCUT2D eigenvalue weighted by molar-refractivity contribution is 6.30. The van der Waals surface area contributed by atoms with E-state index in [0.29, 0.717) is 5.56 Å². The average molecular weight is 225 g/mol. The SMILES string of the molecule is CC(=O)NCC#Cc1cnc(N)nc1Cl. The van der Waals surface area contributed by atoms with Crippen LogP contribution in [-0.2, 0) is 4.79 Å². The molecule has 0 atom stereocenters. The normalized spacial score (nSPS) is 8.93. The van der Waals surface area contributed by atoms with Crippen molar-refractivity contribution in [2.45, 2.75) is 6.92 Å². The van der Waals surface area contributed by atoms with Crippen LogP contribution in [0.3, 0.4) is 0 Å². The van der Waals surface area contributed by atoms with E-state index in [-0.39, 0.29) is 23.6 Å². The Labute approximate surface area is 92.0 Å². The van der Waals surface area contributed by atoms with E-state index in [1.165, 1.54) is 13.1 Å². The summed E-state index contributed by atoms with van der Waals surface area (Å²) in [6.45, 7) is 1.68. The lowest BCUT2D eigenvalue weighted by molar-refractivity contribution is -0.118. The number of amides is 1. The summed E-state index contributed by atoms with van der Waals surface area (Å²) in [6.07, 6.45) is 1.44. The molecule has 3 N–H and O–H groups in total. The molecule has 1 heterocycles. The Bertz CT molecular complexity index is 435. The van der Waals surface area contributed by atoms with Crippen LogP contribution in [-0.4, -0.2) is 22.4 Å². The topological polar surface area (TPSA) is 80.9 Å². The first-order valence-corrected chi connectivity index (χ1v) is 4.48. The third-order valence-electron chi connectivity index (χ3n) is 1.41.